The Hall–Kier alpha value is -0.660. The zero-order chi connectivity index (χ0) is 13.9. The second-order valence-electron chi connectivity index (χ2n) is 3.98. The van der Waals surface area contributed by atoms with Crippen LogP contribution in [0.25, 0.3) is 0 Å². The molecule has 7 heteroatoms. The first-order valence-electron chi connectivity index (χ1n) is 5.51. The molecule has 0 amide bonds. The topological polar surface area (TPSA) is 63.4 Å². The van der Waals surface area contributed by atoms with E-state index in [0.717, 1.165) is 18.9 Å². The van der Waals surface area contributed by atoms with Crippen LogP contribution in [0.4, 0.5) is 10.1 Å². The Bertz CT molecular complexity index is 534. The zero-order valence-electron chi connectivity index (χ0n) is 10.3. The van der Waals surface area contributed by atoms with Crippen LogP contribution in [-0.2, 0) is 10.0 Å². The molecule has 0 atom stereocenters. The molecule has 1 rings (SSSR count). The quantitative estimate of drug-likeness (QED) is 0.839. The minimum Gasteiger partial charge on any atom is -0.398 e. The van der Waals surface area contributed by atoms with Crippen molar-refractivity contribution in [1.29, 1.82) is 0 Å². The van der Waals surface area contributed by atoms with Crippen LogP contribution >= 0.6 is 15.9 Å². The normalized spacial score (nSPS) is 12.1. The molecule has 0 fully saturated rings. The van der Waals surface area contributed by atoms with E-state index in [2.05, 4.69) is 15.9 Å². The van der Waals surface area contributed by atoms with Gasteiger partial charge in [-0.3, -0.25) is 0 Å². The first kappa shape index (κ1) is 15.4. The number of sulfonamides is 1. The van der Waals surface area contributed by atoms with Gasteiger partial charge in [0.05, 0.1) is 10.2 Å². The molecule has 0 saturated carbocycles. The van der Waals surface area contributed by atoms with Gasteiger partial charge in [0.1, 0.15) is 10.7 Å². The third kappa shape index (κ3) is 3.21. The SMILES string of the molecule is CCCCN(C)S(=O)(=O)c1cc(Br)c(F)cc1N. The molecule has 0 spiro atoms. The van der Waals surface area contributed by atoms with Crippen LogP contribution in [0.1, 0.15) is 19.8 Å². The maximum Gasteiger partial charge on any atom is 0.244 e. The minimum absolute atomic E-state index is 0.0746. The first-order chi connectivity index (χ1) is 8.30. The van der Waals surface area contributed by atoms with Crippen molar-refractivity contribution in [2.24, 2.45) is 0 Å². The minimum atomic E-state index is -3.67. The highest BCUT2D eigenvalue weighted by atomic mass is 79.9. The molecule has 0 bridgehead atoms. The molecule has 0 saturated heterocycles. The van der Waals surface area contributed by atoms with E-state index in [1.165, 1.54) is 17.4 Å². The lowest BCUT2D eigenvalue weighted by molar-refractivity contribution is 0.459. The molecule has 0 radical (unpaired) electrons. The van der Waals surface area contributed by atoms with E-state index in [4.69, 9.17) is 5.73 Å². The number of hydrogen-bond acceptors (Lipinski definition) is 3. The Morgan fingerprint density at radius 3 is 2.61 bits per heavy atom. The van der Waals surface area contributed by atoms with Crippen molar-refractivity contribution in [3.8, 4) is 0 Å². The highest BCUT2D eigenvalue weighted by molar-refractivity contribution is 9.10. The van der Waals surface area contributed by atoms with Crippen molar-refractivity contribution in [2.45, 2.75) is 24.7 Å². The van der Waals surface area contributed by atoms with Crippen molar-refractivity contribution < 1.29 is 12.8 Å². The van der Waals surface area contributed by atoms with Gasteiger partial charge in [0.15, 0.2) is 0 Å². The Balaban J connectivity index is 3.16. The number of benzene rings is 1. The van der Waals surface area contributed by atoms with Crippen molar-refractivity contribution in [2.75, 3.05) is 19.3 Å². The Kier molecular flexibility index (Phi) is 5.12. The number of nitrogens with zero attached hydrogens (tertiary/aromatic N) is 1. The summed E-state index contributed by atoms with van der Waals surface area (Å²) in [7, 11) is -2.18. The van der Waals surface area contributed by atoms with Gasteiger partial charge in [0.2, 0.25) is 10.0 Å². The van der Waals surface area contributed by atoms with Crippen molar-refractivity contribution in [1.82, 2.24) is 4.31 Å². The summed E-state index contributed by atoms with van der Waals surface area (Å²) >= 11 is 2.96. The van der Waals surface area contributed by atoms with E-state index in [0.29, 0.717) is 6.54 Å². The number of anilines is 1. The Labute approximate surface area is 115 Å². The summed E-state index contributed by atoms with van der Waals surface area (Å²) in [4.78, 5) is -0.0746. The van der Waals surface area contributed by atoms with Crippen LogP contribution in [0.5, 0.6) is 0 Å². The third-order valence-electron chi connectivity index (χ3n) is 2.57. The number of nitrogen functional groups attached to an aromatic ring is 1. The van der Waals surface area contributed by atoms with E-state index < -0.39 is 15.8 Å². The van der Waals surface area contributed by atoms with Gasteiger partial charge in [0.25, 0.3) is 0 Å². The molecule has 1 aromatic carbocycles. The fourth-order valence-corrected chi connectivity index (χ4v) is 3.26. The molecular weight excluding hydrogens is 323 g/mol. The summed E-state index contributed by atoms with van der Waals surface area (Å²) in [5.41, 5.74) is 5.49. The zero-order valence-corrected chi connectivity index (χ0v) is 12.7. The summed E-state index contributed by atoms with van der Waals surface area (Å²) in [6.07, 6.45) is 1.65. The average molecular weight is 339 g/mol. The molecule has 0 heterocycles. The average Bonchev–Trinajstić information content (AvgIpc) is 2.30. The van der Waals surface area contributed by atoms with Gasteiger partial charge in [-0.05, 0) is 34.5 Å². The van der Waals surface area contributed by atoms with Crippen LogP contribution in [-0.4, -0.2) is 26.3 Å². The third-order valence-corrected chi connectivity index (χ3v) is 5.09. The molecule has 0 aromatic heterocycles. The highest BCUT2D eigenvalue weighted by Gasteiger charge is 2.24. The maximum atomic E-state index is 13.2. The van der Waals surface area contributed by atoms with Gasteiger partial charge < -0.3 is 5.73 Å². The molecular formula is C11H16BrFN2O2S. The van der Waals surface area contributed by atoms with Crippen LogP contribution in [0.15, 0.2) is 21.5 Å². The Morgan fingerprint density at radius 2 is 2.06 bits per heavy atom. The number of halogens is 2. The second-order valence-corrected chi connectivity index (χ2v) is 6.85. The van der Waals surface area contributed by atoms with Gasteiger partial charge >= 0.3 is 0 Å². The fourth-order valence-electron chi connectivity index (χ4n) is 1.44. The molecule has 0 unspecified atom stereocenters. The largest absolute Gasteiger partial charge is 0.398 e. The van der Waals surface area contributed by atoms with Crippen LogP contribution in [0.3, 0.4) is 0 Å². The van der Waals surface area contributed by atoms with Crippen LogP contribution in [0.2, 0.25) is 0 Å². The van der Waals surface area contributed by atoms with Crippen molar-refractivity contribution >= 4 is 31.6 Å². The lowest BCUT2D eigenvalue weighted by atomic mass is 10.3. The summed E-state index contributed by atoms with van der Waals surface area (Å²) < 4.78 is 39.0. The second kappa shape index (κ2) is 5.99. The Morgan fingerprint density at radius 1 is 1.44 bits per heavy atom. The summed E-state index contributed by atoms with van der Waals surface area (Å²) in [5, 5.41) is 0. The lowest BCUT2D eigenvalue weighted by Gasteiger charge is -2.18. The van der Waals surface area contributed by atoms with E-state index in [9.17, 15) is 12.8 Å². The van der Waals surface area contributed by atoms with Crippen LogP contribution < -0.4 is 5.73 Å². The molecule has 0 aliphatic heterocycles. The number of unbranched alkanes of at least 4 members (excludes halogenated alkanes) is 1. The van der Waals surface area contributed by atoms with Gasteiger partial charge in [0, 0.05) is 13.6 Å². The molecule has 18 heavy (non-hydrogen) atoms. The molecule has 102 valence electrons. The first-order valence-corrected chi connectivity index (χ1v) is 7.74. The fraction of sp³-hybridized carbons (Fsp3) is 0.455. The van der Waals surface area contributed by atoms with Gasteiger partial charge in [-0.1, -0.05) is 13.3 Å². The number of hydrogen-bond donors (Lipinski definition) is 1. The molecule has 2 N–H and O–H groups in total. The van der Waals surface area contributed by atoms with Gasteiger partial charge in [-0.25, -0.2) is 17.1 Å². The van der Waals surface area contributed by atoms with E-state index in [1.807, 2.05) is 6.92 Å². The van der Waals surface area contributed by atoms with Crippen molar-refractivity contribution in [3.05, 3.63) is 22.4 Å². The van der Waals surface area contributed by atoms with Gasteiger partial charge in [-0.15, -0.1) is 0 Å². The monoisotopic (exact) mass is 338 g/mol. The highest BCUT2D eigenvalue weighted by Crippen LogP contribution is 2.28. The predicted octanol–water partition coefficient (Wildman–Crippen LogP) is 2.59. The smallest absolute Gasteiger partial charge is 0.244 e. The maximum absolute atomic E-state index is 13.2. The summed E-state index contributed by atoms with van der Waals surface area (Å²) in [6, 6.07) is 2.20. The molecule has 4 nitrogen and oxygen atoms in total. The van der Waals surface area contributed by atoms with E-state index in [1.54, 1.807) is 0 Å². The van der Waals surface area contributed by atoms with E-state index in [-0.39, 0.29) is 15.1 Å². The molecule has 1 aromatic rings. The van der Waals surface area contributed by atoms with Gasteiger partial charge in [-0.2, -0.15) is 0 Å². The summed E-state index contributed by atoms with van der Waals surface area (Å²) in [6.45, 7) is 2.39. The standard InChI is InChI=1S/C11H16BrFN2O2S/c1-3-4-5-15(2)18(16,17)11-6-8(12)9(13)7-10(11)14/h6-7H,3-5,14H2,1-2H3. The molecule has 0 aliphatic rings. The number of rotatable bonds is 5. The number of nitrogens with two attached hydrogens (primary N) is 1. The summed E-state index contributed by atoms with van der Waals surface area (Å²) in [5.74, 6) is -0.581. The lowest BCUT2D eigenvalue weighted by Crippen LogP contribution is -2.28. The predicted molar refractivity (Wildman–Crippen MR) is 73.2 cm³/mol. The van der Waals surface area contributed by atoms with E-state index >= 15 is 0 Å². The van der Waals surface area contributed by atoms with Crippen LogP contribution in [0, 0.1) is 5.82 Å². The van der Waals surface area contributed by atoms with Crippen molar-refractivity contribution in [3.63, 3.8) is 0 Å². The molecule has 0 aliphatic carbocycles.